The quantitative estimate of drug-likeness (QED) is 0.637. The van der Waals surface area contributed by atoms with Crippen LogP contribution in [-0.2, 0) is 19.9 Å². The molecule has 1 heterocycles. The molecule has 8 nitrogen and oxygen atoms in total. The van der Waals surface area contributed by atoms with E-state index >= 15 is 0 Å². The average molecular weight is 399 g/mol. The third-order valence-electron chi connectivity index (χ3n) is 4.68. The molecule has 29 heavy (non-hydrogen) atoms. The van der Waals surface area contributed by atoms with Gasteiger partial charge in [-0.1, -0.05) is 42.5 Å². The lowest BCUT2D eigenvalue weighted by Crippen LogP contribution is -2.44. The summed E-state index contributed by atoms with van der Waals surface area (Å²) < 4.78 is 13.2. The number of amides is 4. The monoisotopic (exact) mass is 399 g/mol. The van der Waals surface area contributed by atoms with E-state index in [0.29, 0.717) is 16.0 Å². The molecule has 3 N–H and O–H groups in total. The second kappa shape index (κ2) is 7.70. The molecule has 1 fully saturated rings. The number of hydrogen-bond donors (Lipinski definition) is 3. The van der Waals surface area contributed by atoms with E-state index in [1.807, 2.05) is 0 Å². The number of aliphatic carboxylic acids is 1. The molecule has 0 spiro atoms. The highest BCUT2D eigenvalue weighted by Gasteiger charge is 2.49. The van der Waals surface area contributed by atoms with Gasteiger partial charge in [0.15, 0.2) is 6.04 Å². The van der Waals surface area contributed by atoms with Crippen molar-refractivity contribution in [2.45, 2.75) is 18.5 Å². The van der Waals surface area contributed by atoms with Gasteiger partial charge in [0.2, 0.25) is 5.91 Å². The Morgan fingerprint density at radius 2 is 1.76 bits per heavy atom. The molecule has 0 bridgehead atoms. The van der Waals surface area contributed by atoms with Crippen molar-refractivity contribution in [3.8, 4) is 0 Å². The molecule has 9 heteroatoms. The van der Waals surface area contributed by atoms with Crippen molar-refractivity contribution in [2.24, 2.45) is 0 Å². The minimum Gasteiger partial charge on any atom is -0.479 e. The van der Waals surface area contributed by atoms with Crippen molar-refractivity contribution >= 4 is 23.8 Å². The number of carboxylic acids is 1. The molecule has 1 saturated heterocycles. The molecule has 0 radical (unpaired) electrons. The van der Waals surface area contributed by atoms with Crippen LogP contribution in [-0.4, -0.2) is 40.4 Å². The third kappa shape index (κ3) is 3.93. The highest BCUT2D eigenvalue weighted by Crippen LogP contribution is 2.28. The summed E-state index contributed by atoms with van der Waals surface area (Å²) in [5.74, 6) is -3.28. The molecule has 0 aromatic heterocycles. The van der Waals surface area contributed by atoms with Gasteiger partial charge in [0.25, 0.3) is 5.91 Å². The Hall–Kier alpha value is -3.75. The predicted octanol–water partition coefficient (Wildman–Crippen LogP) is 1.53. The summed E-state index contributed by atoms with van der Waals surface area (Å²) in [6.45, 7) is 0.792. The zero-order valence-corrected chi connectivity index (χ0v) is 15.4. The number of hydrogen-bond acceptors (Lipinski definition) is 4. The number of rotatable bonds is 6. The number of nitrogens with zero attached hydrogens (tertiary/aromatic N) is 1. The van der Waals surface area contributed by atoms with Gasteiger partial charge in [0, 0.05) is 0 Å². The van der Waals surface area contributed by atoms with Crippen molar-refractivity contribution < 1.29 is 28.7 Å². The number of benzene rings is 2. The number of halogens is 1. The normalized spacial score (nSPS) is 19.6. The summed E-state index contributed by atoms with van der Waals surface area (Å²) in [6.07, 6.45) is 0. The first kappa shape index (κ1) is 20.0. The van der Waals surface area contributed by atoms with E-state index < -0.39 is 47.8 Å². The van der Waals surface area contributed by atoms with Crippen molar-refractivity contribution in [3.05, 3.63) is 71.5 Å². The number of carbonyl (C=O) groups is 4. The molecule has 2 aromatic rings. The van der Waals surface area contributed by atoms with Crippen molar-refractivity contribution in [1.82, 2.24) is 15.5 Å². The van der Waals surface area contributed by atoms with Crippen LogP contribution in [0.3, 0.4) is 0 Å². The van der Waals surface area contributed by atoms with Crippen LogP contribution in [0.4, 0.5) is 9.18 Å². The largest absolute Gasteiger partial charge is 0.479 e. The van der Waals surface area contributed by atoms with Crippen LogP contribution in [0.5, 0.6) is 0 Å². The van der Waals surface area contributed by atoms with Crippen LogP contribution in [0.1, 0.15) is 24.1 Å². The molecule has 3 rings (SSSR count). The molecule has 2 aromatic carbocycles. The van der Waals surface area contributed by atoms with Crippen LogP contribution < -0.4 is 10.6 Å². The van der Waals surface area contributed by atoms with E-state index in [-0.39, 0.29) is 0 Å². The Morgan fingerprint density at radius 3 is 2.34 bits per heavy atom. The van der Waals surface area contributed by atoms with Crippen molar-refractivity contribution in [1.29, 1.82) is 0 Å². The van der Waals surface area contributed by atoms with Crippen LogP contribution in [0, 0.1) is 5.82 Å². The molecule has 1 aliphatic rings. The maximum atomic E-state index is 13.2. The molecule has 4 amide bonds. The highest BCUT2D eigenvalue weighted by molar-refractivity contribution is 6.09. The Morgan fingerprint density at radius 1 is 1.14 bits per heavy atom. The van der Waals surface area contributed by atoms with E-state index in [9.17, 15) is 28.7 Å². The zero-order chi connectivity index (χ0) is 21.2. The summed E-state index contributed by atoms with van der Waals surface area (Å²) in [7, 11) is 0. The maximum Gasteiger partial charge on any atom is 0.330 e. The maximum absolute atomic E-state index is 13.2. The fraction of sp³-hybridized carbons (Fsp3) is 0.200. The highest BCUT2D eigenvalue weighted by atomic mass is 19.1. The van der Waals surface area contributed by atoms with E-state index in [1.54, 1.807) is 30.3 Å². The molecule has 0 saturated carbocycles. The minimum absolute atomic E-state index is 0.349. The van der Waals surface area contributed by atoms with Gasteiger partial charge in [0.1, 0.15) is 17.9 Å². The molecule has 1 aliphatic heterocycles. The Bertz CT molecular complexity index is 964. The Balaban J connectivity index is 1.75. The van der Waals surface area contributed by atoms with E-state index in [2.05, 4.69) is 10.6 Å². The standard InChI is InChI=1S/C20H18FN3O5/c1-20(13-7-9-14(21)10-8-13)18(28)24(19(29)23-20)11-15(25)22-16(17(26)27)12-5-3-2-4-6-12/h2-10,16H,11H2,1H3,(H,22,25)(H,23,29)(H,26,27)/t16-,20?/m0/s1. The average Bonchev–Trinajstić information content (AvgIpc) is 2.91. The van der Waals surface area contributed by atoms with E-state index in [0.717, 1.165) is 12.1 Å². The fourth-order valence-corrected chi connectivity index (χ4v) is 3.10. The SMILES string of the molecule is CC1(c2ccc(F)cc2)NC(=O)N(CC(=O)N[C@H](C(=O)O)c2ccccc2)C1=O. The Labute approximate surface area is 165 Å². The molecule has 0 aliphatic carbocycles. The smallest absolute Gasteiger partial charge is 0.330 e. The van der Waals surface area contributed by atoms with Gasteiger partial charge in [-0.25, -0.2) is 14.0 Å². The van der Waals surface area contributed by atoms with Gasteiger partial charge >= 0.3 is 12.0 Å². The minimum atomic E-state index is -1.46. The first-order chi connectivity index (χ1) is 13.7. The third-order valence-corrected chi connectivity index (χ3v) is 4.68. The lowest BCUT2D eigenvalue weighted by molar-refractivity contribution is -0.142. The predicted molar refractivity (Wildman–Crippen MR) is 99.0 cm³/mol. The van der Waals surface area contributed by atoms with E-state index in [4.69, 9.17) is 0 Å². The van der Waals surface area contributed by atoms with E-state index in [1.165, 1.54) is 19.1 Å². The van der Waals surface area contributed by atoms with Crippen molar-refractivity contribution in [3.63, 3.8) is 0 Å². The molecule has 150 valence electrons. The number of urea groups is 1. The topological polar surface area (TPSA) is 116 Å². The van der Waals surface area contributed by atoms with Crippen molar-refractivity contribution in [2.75, 3.05) is 6.54 Å². The Kier molecular flexibility index (Phi) is 5.31. The second-order valence-corrected chi connectivity index (χ2v) is 6.70. The van der Waals surface area contributed by atoms with Crippen LogP contribution in [0.25, 0.3) is 0 Å². The van der Waals surface area contributed by atoms with Gasteiger partial charge < -0.3 is 15.7 Å². The number of nitrogens with one attached hydrogen (secondary N) is 2. The zero-order valence-electron chi connectivity index (χ0n) is 15.4. The van der Waals surface area contributed by atoms with Crippen LogP contribution in [0.15, 0.2) is 54.6 Å². The molecular weight excluding hydrogens is 381 g/mol. The van der Waals surface area contributed by atoms with Gasteiger partial charge in [-0.05, 0) is 30.2 Å². The molecule has 2 atom stereocenters. The summed E-state index contributed by atoms with van der Waals surface area (Å²) in [5.41, 5.74) is -0.758. The summed E-state index contributed by atoms with van der Waals surface area (Å²) in [4.78, 5) is 49.7. The van der Waals surface area contributed by atoms with Gasteiger partial charge in [-0.15, -0.1) is 0 Å². The lowest BCUT2D eigenvalue weighted by atomic mass is 9.92. The van der Waals surface area contributed by atoms with Crippen LogP contribution >= 0.6 is 0 Å². The van der Waals surface area contributed by atoms with Gasteiger partial charge in [-0.2, -0.15) is 0 Å². The first-order valence-corrected chi connectivity index (χ1v) is 8.69. The summed E-state index contributed by atoms with van der Waals surface area (Å²) >= 11 is 0. The van der Waals surface area contributed by atoms with Gasteiger partial charge in [-0.3, -0.25) is 14.5 Å². The van der Waals surface area contributed by atoms with Gasteiger partial charge in [0.05, 0.1) is 0 Å². The van der Waals surface area contributed by atoms with Crippen LogP contribution in [0.2, 0.25) is 0 Å². The molecular formula is C20H18FN3O5. The number of carbonyl (C=O) groups excluding carboxylic acids is 3. The molecule has 1 unspecified atom stereocenters. The number of imide groups is 1. The number of carboxylic acid groups (broad SMARTS) is 1. The first-order valence-electron chi connectivity index (χ1n) is 8.69. The summed E-state index contributed by atoms with van der Waals surface area (Å²) in [5, 5.41) is 14.2. The fourth-order valence-electron chi connectivity index (χ4n) is 3.10. The second-order valence-electron chi connectivity index (χ2n) is 6.70. The summed E-state index contributed by atoms with van der Waals surface area (Å²) in [6, 6.07) is 11.0. The lowest BCUT2D eigenvalue weighted by Gasteiger charge is -2.22.